The zero-order chi connectivity index (χ0) is 11.4. The standard InChI is InChI=1S/2C6H9Ge.2CH4/c2*1-4-7(5-2)6-3;;/h2*4-6H,1-3H2;2*1H4. The van der Waals surface area contributed by atoms with Crippen LogP contribution in [-0.4, -0.2) is 28.7 Å². The van der Waals surface area contributed by atoms with Crippen LogP contribution < -0.4 is 0 Å². The molecule has 0 fully saturated rings. The van der Waals surface area contributed by atoms with Crippen molar-refractivity contribution in [3.05, 3.63) is 68.9 Å². The third-order valence-corrected chi connectivity index (χ3v) is 7.35. The molecule has 90 valence electrons. The van der Waals surface area contributed by atoms with Crippen molar-refractivity contribution >= 4 is 28.7 Å². The summed E-state index contributed by atoms with van der Waals surface area (Å²) in [5, 5.41) is 0. The molecule has 0 bridgehead atoms. The molecule has 0 aliphatic rings. The molecule has 2 radical (unpaired) electrons. The predicted molar refractivity (Wildman–Crippen MR) is 86.2 cm³/mol. The van der Waals surface area contributed by atoms with Gasteiger partial charge in [-0.2, -0.15) is 0 Å². The maximum absolute atomic E-state index is 3.63. The van der Waals surface area contributed by atoms with Crippen molar-refractivity contribution in [2.24, 2.45) is 0 Å². The Labute approximate surface area is 112 Å². The van der Waals surface area contributed by atoms with E-state index in [0.29, 0.717) is 0 Å². The maximum atomic E-state index is 3.63. The summed E-state index contributed by atoms with van der Waals surface area (Å²) in [6.45, 7) is 21.8. The molecule has 0 rings (SSSR count). The van der Waals surface area contributed by atoms with Crippen LogP contribution in [0.3, 0.4) is 0 Å². The van der Waals surface area contributed by atoms with Gasteiger partial charge in [0.1, 0.15) is 0 Å². The van der Waals surface area contributed by atoms with E-state index >= 15 is 0 Å². The second-order valence-corrected chi connectivity index (χ2v) is 11.6. The van der Waals surface area contributed by atoms with Gasteiger partial charge >= 0.3 is 97.6 Å². The van der Waals surface area contributed by atoms with Gasteiger partial charge < -0.3 is 0 Å². The third kappa shape index (κ3) is 16.0. The molecule has 0 aromatic rings. The second-order valence-electron chi connectivity index (χ2n) is 2.22. The molecule has 0 nitrogen and oxygen atoms in total. The Morgan fingerprint density at radius 3 is 0.562 bits per heavy atom. The van der Waals surface area contributed by atoms with Gasteiger partial charge in [-0.25, -0.2) is 0 Å². The van der Waals surface area contributed by atoms with Gasteiger partial charge in [-0.05, 0) is 0 Å². The summed E-state index contributed by atoms with van der Waals surface area (Å²) in [4.78, 5) is 11.8. The number of rotatable bonds is 6. The Hall–Kier alpha value is -0.474. The van der Waals surface area contributed by atoms with E-state index < -0.39 is 28.7 Å². The Bertz CT molecular complexity index is 155. The van der Waals surface area contributed by atoms with Crippen LogP contribution in [0.15, 0.2) is 68.9 Å². The van der Waals surface area contributed by atoms with Gasteiger partial charge in [0.05, 0.1) is 0 Å². The van der Waals surface area contributed by atoms with Crippen LogP contribution in [0.2, 0.25) is 0 Å². The number of hydrogen-bond donors (Lipinski definition) is 0. The summed E-state index contributed by atoms with van der Waals surface area (Å²) < 4.78 is 0. The van der Waals surface area contributed by atoms with Gasteiger partial charge in [0, 0.05) is 0 Å². The van der Waals surface area contributed by atoms with E-state index in [1.165, 1.54) is 0 Å². The van der Waals surface area contributed by atoms with Crippen molar-refractivity contribution in [3.63, 3.8) is 0 Å². The average molecular weight is 340 g/mol. The van der Waals surface area contributed by atoms with Crippen molar-refractivity contribution in [3.8, 4) is 0 Å². The van der Waals surface area contributed by atoms with Gasteiger partial charge in [0.25, 0.3) is 0 Å². The molecule has 0 aromatic carbocycles. The van der Waals surface area contributed by atoms with Gasteiger partial charge in [-0.1, -0.05) is 14.9 Å². The molecule has 16 heavy (non-hydrogen) atoms. The molecule has 0 saturated carbocycles. The van der Waals surface area contributed by atoms with Crippen LogP contribution in [-0.2, 0) is 0 Å². The van der Waals surface area contributed by atoms with Gasteiger partial charge in [0.2, 0.25) is 0 Å². The average Bonchev–Trinajstić information content (AvgIpc) is 2.24. The van der Waals surface area contributed by atoms with Crippen LogP contribution in [0, 0.1) is 0 Å². The molecule has 0 N–H and O–H groups in total. The molecule has 0 heterocycles. The molecule has 2 heteroatoms. The minimum atomic E-state index is -1.11. The van der Waals surface area contributed by atoms with E-state index in [2.05, 4.69) is 39.5 Å². The predicted octanol–water partition coefficient (Wildman–Crippen LogP) is 4.59. The quantitative estimate of drug-likeness (QED) is 0.621. The zero-order valence-corrected chi connectivity index (χ0v) is 12.9. The van der Waals surface area contributed by atoms with Crippen molar-refractivity contribution in [2.75, 3.05) is 0 Å². The van der Waals surface area contributed by atoms with Gasteiger partial charge in [-0.3, -0.25) is 0 Å². The van der Waals surface area contributed by atoms with E-state index in [-0.39, 0.29) is 14.9 Å². The monoisotopic (exact) mass is 342 g/mol. The Balaban J connectivity index is -0.0000000800. The molecule has 0 aromatic heterocycles. The van der Waals surface area contributed by atoms with Crippen LogP contribution in [0.4, 0.5) is 0 Å². The third-order valence-electron chi connectivity index (χ3n) is 1.41. The van der Waals surface area contributed by atoms with Crippen LogP contribution in [0.5, 0.6) is 0 Å². The summed E-state index contributed by atoms with van der Waals surface area (Å²) >= 11 is -2.22. The van der Waals surface area contributed by atoms with Crippen LogP contribution >= 0.6 is 0 Å². The van der Waals surface area contributed by atoms with E-state index in [1.807, 2.05) is 29.5 Å². The summed E-state index contributed by atoms with van der Waals surface area (Å²) in [5.41, 5.74) is 0. The number of hydrogen-bond acceptors (Lipinski definition) is 0. The molecule has 0 atom stereocenters. The molecular formula is C14H26Ge2. The Kier molecular flexibility index (Phi) is 30.8. The Morgan fingerprint density at radius 1 is 0.438 bits per heavy atom. The van der Waals surface area contributed by atoms with Crippen molar-refractivity contribution in [2.45, 2.75) is 14.9 Å². The summed E-state index contributed by atoms with van der Waals surface area (Å²) in [6, 6.07) is 0. The van der Waals surface area contributed by atoms with Crippen molar-refractivity contribution in [1.29, 1.82) is 0 Å². The molecular weight excluding hydrogens is 313 g/mol. The minimum absolute atomic E-state index is 0. The summed E-state index contributed by atoms with van der Waals surface area (Å²) in [6.07, 6.45) is 0. The first-order chi connectivity index (χ1) is 6.69. The molecule has 0 saturated heterocycles. The molecule has 0 aliphatic heterocycles. The SMILES string of the molecule is C.C.C=[CH][Ge]([CH]=C)[CH]=C.C=[CH][Ge]([CH]=C)[CH]=C. The van der Waals surface area contributed by atoms with E-state index in [4.69, 9.17) is 0 Å². The first-order valence-electron chi connectivity index (χ1n) is 4.18. The molecule has 0 aliphatic carbocycles. The first-order valence-corrected chi connectivity index (χ1v) is 11.4. The van der Waals surface area contributed by atoms with E-state index in [9.17, 15) is 0 Å². The van der Waals surface area contributed by atoms with Crippen LogP contribution in [0.25, 0.3) is 0 Å². The van der Waals surface area contributed by atoms with Crippen LogP contribution in [0.1, 0.15) is 14.9 Å². The first kappa shape index (κ1) is 24.7. The fourth-order valence-corrected chi connectivity index (χ4v) is 2.60. The zero-order valence-electron chi connectivity index (χ0n) is 8.71. The molecule has 0 unspecified atom stereocenters. The summed E-state index contributed by atoms with van der Waals surface area (Å²) in [5.74, 6) is 0. The van der Waals surface area contributed by atoms with Gasteiger partial charge in [0.15, 0.2) is 0 Å². The van der Waals surface area contributed by atoms with Crippen molar-refractivity contribution in [1.82, 2.24) is 0 Å². The molecule has 0 amide bonds. The fourth-order valence-electron chi connectivity index (χ4n) is 0.500. The van der Waals surface area contributed by atoms with E-state index in [0.717, 1.165) is 0 Å². The summed E-state index contributed by atoms with van der Waals surface area (Å²) in [7, 11) is 0. The topological polar surface area (TPSA) is 0 Å². The molecule has 0 spiro atoms. The fraction of sp³-hybridized carbons (Fsp3) is 0.143. The Morgan fingerprint density at radius 2 is 0.562 bits per heavy atom. The van der Waals surface area contributed by atoms with E-state index in [1.54, 1.807) is 0 Å². The second kappa shape index (κ2) is 20.0. The van der Waals surface area contributed by atoms with Crippen molar-refractivity contribution < 1.29 is 0 Å². The van der Waals surface area contributed by atoms with Gasteiger partial charge in [-0.15, -0.1) is 0 Å². The normalized spacial score (nSPS) is 7.12.